The Morgan fingerprint density at radius 3 is 2.68 bits per heavy atom. The van der Waals surface area contributed by atoms with E-state index in [1.165, 1.54) is 12.1 Å². The second-order valence-corrected chi connectivity index (χ2v) is 9.18. The van der Waals surface area contributed by atoms with Crippen molar-refractivity contribution in [1.82, 2.24) is 24.4 Å². The molecule has 37 heavy (non-hydrogen) atoms. The Labute approximate surface area is 215 Å². The van der Waals surface area contributed by atoms with E-state index in [-0.39, 0.29) is 24.2 Å². The number of hydrogen-bond acceptors (Lipinski definition) is 7. The Bertz CT molecular complexity index is 1360. The first-order valence-electron chi connectivity index (χ1n) is 12.6. The van der Waals surface area contributed by atoms with Gasteiger partial charge in [-0.1, -0.05) is 18.2 Å². The number of rotatable bonds is 10. The quantitative estimate of drug-likeness (QED) is 0.298. The van der Waals surface area contributed by atoms with Gasteiger partial charge in [-0.05, 0) is 49.7 Å². The molecule has 1 aliphatic heterocycles. The number of hydrogen-bond donors (Lipinski definition) is 3. The molecule has 3 N–H and O–H groups in total. The van der Waals surface area contributed by atoms with Gasteiger partial charge >= 0.3 is 0 Å². The maximum absolute atomic E-state index is 13.7. The average Bonchev–Trinajstić information content (AvgIpc) is 3.46. The van der Waals surface area contributed by atoms with Crippen molar-refractivity contribution in [2.75, 3.05) is 31.6 Å². The van der Waals surface area contributed by atoms with E-state index in [4.69, 9.17) is 9.97 Å². The zero-order chi connectivity index (χ0) is 25.8. The van der Waals surface area contributed by atoms with Crippen LogP contribution in [0, 0.1) is 5.82 Å². The van der Waals surface area contributed by atoms with Crippen molar-refractivity contribution in [3.05, 3.63) is 78.0 Å². The van der Waals surface area contributed by atoms with Crippen molar-refractivity contribution in [2.24, 2.45) is 0 Å². The molecule has 0 amide bonds. The van der Waals surface area contributed by atoms with Gasteiger partial charge in [0.2, 0.25) is 5.95 Å². The van der Waals surface area contributed by atoms with Gasteiger partial charge in [0.1, 0.15) is 17.4 Å². The first-order chi connectivity index (χ1) is 18.1. The third-order valence-corrected chi connectivity index (χ3v) is 6.67. The largest absolute Gasteiger partial charge is 0.508 e. The molecule has 0 spiro atoms. The van der Waals surface area contributed by atoms with Crippen LogP contribution in [0.4, 0.5) is 10.3 Å². The minimum atomic E-state index is -0.296. The number of halogens is 1. The van der Waals surface area contributed by atoms with E-state index >= 15 is 0 Å². The molecule has 2 aromatic carbocycles. The molecule has 192 valence electrons. The van der Waals surface area contributed by atoms with Crippen LogP contribution in [0.5, 0.6) is 5.75 Å². The monoisotopic (exact) mass is 502 g/mol. The fraction of sp³-hybridized carbons (Fsp3) is 0.321. The van der Waals surface area contributed by atoms with Gasteiger partial charge in [-0.2, -0.15) is 0 Å². The molecule has 1 atom stereocenters. The smallest absolute Gasteiger partial charge is 0.223 e. The SMILES string of the molecule is CCNc1nccc(-c2c(-c3ccc(F)cc3)nc3n2C(CN(CCO)Cc2ccccc2O)CC3)n1. The van der Waals surface area contributed by atoms with Gasteiger partial charge in [0.25, 0.3) is 0 Å². The Hall–Kier alpha value is -3.82. The maximum atomic E-state index is 13.7. The van der Waals surface area contributed by atoms with E-state index in [0.29, 0.717) is 32.1 Å². The van der Waals surface area contributed by atoms with Gasteiger partial charge in [-0.15, -0.1) is 0 Å². The van der Waals surface area contributed by atoms with Crippen molar-refractivity contribution in [3.8, 4) is 28.4 Å². The van der Waals surface area contributed by atoms with Crippen LogP contribution in [0.2, 0.25) is 0 Å². The lowest BCUT2D eigenvalue weighted by atomic mass is 10.1. The predicted molar refractivity (Wildman–Crippen MR) is 141 cm³/mol. The molecule has 4 aromatic rings. The van der Waals surface area contributed by atoms with E-state index in [9.17, 15) is 14.6 Å². The highest BCUT2D eigenvalue weighted by atomic mass is 19.1. The summed E-state index contributed by atoms with van der Waals surface area (Å²) in [5.74, 6) is 1.44. The maximum Gasteiger partial charge on any atom is 0.223 e. The van der Waals surface area contributed by atoms with E-state index in [2.05, 4.69) is 19.8 Å². The van der Waals surface area contributed by atoms with Crippen molar-refractivity contribution in [3.63, 3.8) is 0 Å². The molecule has 1 aliphatic rings. The molecule has 0 radical (unpaired) electrons. The van der Waals surface area contributed by atoms with Crippen molar-refractivity contribution in [1.29, 1.82) is 0 Å². The third-order valence-electron chi connectivity index (χ3n) is 6.67. The molecule has 0 saturated heterocycles. The second kappa shape index (κ2) is 11.1. The lowest BCUT2D eigenvalue weighted by Crippen LogP contribution is -2.32. The van der Waals surface area contributed by atoms with Crippen LogP contribution in [-0.2, 0) is 13.0 Å². The summed E-state index contributed by atoms with van der Waals surface area (Å²) in [6.45, 7) is 4.37. The summed E-state index contributed by atoms with van der Waals surface area (Å²) < 4.78 is 16.0. The molecule has 0 aliphatic carbocycles. The minimum absolute atomic E-state index is 0.0166. The minimum Gasteiger partial charge on any atom is -0.508 e. The molecule has 1 unspecified atom stereocenters. The van der Waals surface area contributed by atoms with Crippen LogP contribution in [0.3, 0.4) is 0 Å². The van der Waals surface area contributed by atoms with Gasteiger partial charge in [0.05, 0.1) is 23.7 Å². The summed E-state index contributed by atoms with van der Waals surface area (Å²) in [6.07, 6.45) is 3.43. The van der Waals surface area contributed by atoms with E-state index in [1.807, 2.05) is 25.1 Å². The van der Waals surface area contributed by atoms with Crippen LogP contribution in [0.25, 0.3) is 22.6 Å². The normalized spacial score (nSPS) is 14.8. The number of aromatic nitrogens is 4. The Kier molecular flexibility index (Phi) is 7.43. The Morgan fingerprint density at radius 1 is 1.11 bits per heavy atom. The lowest BCUT2D eigenvalue weighted by molar-refractivity contribution is 0.170. The number of nitrogens with one attached hydrogen (secondary N) is 1. The summed E-state index contributed by atoms with van der Waals surface area (Å²) in [4.78, 5) is 16.3. The fourth-order valence-corrected chi connectivity index (χ4v) is 4.99. The number of phenols is 1. The second-order valence-electron chi connectivity index (χ2n) is 9.18. The first-order valence-corrected chi connectivity index (χ1v) is 12.6. The highest BCUT2D eigenvalue weighted by Gasteiger charge is 2.32. The number of phenolic OH excluding ortho intramolecular Hbond substituents is 1. The number of anilines is 1. The van der Waals surface area contributed by atoms with Gasteiger partial charge < -0.3 is 20.1 Å². The Balaban J connectivity index is 1.55. The summed E-state index contributed by atoms with van der Waals surface area (Å²) in [7, 11) is 0. The van der Waals surface area contributed by atoms with Gasteiger partial charge in [0.15, 0.2) is 0 Å². The third kappa shape index (κ3) is 5.33. The number of aliphatic hydroxyl groups excluding tert-OH is 1. The molecular weight excluding hydrogens is 471 g/mol. The van der Waals surface area contributed by atoms with Crippen LogP contribution in [-0.4, -0.2) is 60.9 Å². The predicted octanol–water partition coefficient (Wildman–Crippen LogP) is 4.27. The van der Waals surface area contributed by atoms with Crippen LogP contribution >= 0.6 is 0 Å². The molecule has 5 rings (SSSR count). The highest BCUT2D eigenvalue weighted by Crippen LogP contribution is 2.39. The van der Waals surface area contributed by atoms with Crippen molar-refractivity contribution < 1.29 is 14.6 Å². The molecule has 0 fully saturated rings. The van der Waals surface area contributed by atoms with E-state index in [0.717, 1.165) is 46.9 Å². The molecule has 0 bridgehead atoms. The molecular formula is C28H31FN6O2. The number of para-hydroxylation sites is 1. The van der Waals surface area contributed by atoms with Gasteiger partial charge in [-0.3, -0.25) is 4.90 Å². The number of benzene rings is 2. The van der Waals surface area contributed by atoms with E-state index < -0.39 is 0 Å². The molecule has 2 aromatic heterocycles. The van der Waals surface area contributed by atoms with Gasteiger partial charge in [0, 0.05) is 56.0 Å². The zero-order valence-corrected chi connectivity index (χ0v) is 20.8. The number of imidazole rings is 1. The summed E-state index contributed by atoms with van der Waals surface area (Å²) in [5, 5.41) is 23.2. The molecule has 0 saturated carbocycles. The molecule has 9 heteroatoms. The number of fused-ring (bicyclic) bond motifs is 1. The van der Waals surface area contributed by atoms with Crippen LogP contribution < -0.4 is 5.32 Å². The summed E-state index contributed by atoms with van der Waals surface area (Å²) in [6, 6.07) is 15.6. The van der Waals surface area contributed by atoms with Gasteiger partial charge in [-0.25, -0.2) is 19.3 Å². The fourth-order valence-electron chi connectivity index (χ4n) is 4.99. The first kappa shape index (κ1) is 24.9. The van der Waals surface area contributed by atoms with Crippen molar-refractivity contribution >= 4 is 5.95 Å². The highest BCUT2D eigenvalue weighted by molar-refractivity contribution is 5.78. The average molecular weight is 503 g/mol. The zero-order valence-electron chi connectivity index (χ0n) is 20.8. The topological polar surface area (TPSA) is 99.3 Å². The van der Waals surface area contributed by atoms with Crippen LogP contribution in [0.1, 0.15) is 30.8 Å². The van der Waals surface area contributed by atoms with Crippen LogP contribution in [0.15, 0.2) is 60.8 Å². The molecule has 3 heterocycles. The number of aliphatic hydroxyl groups is 1. The molecule has 8 nitrogen and oxygen atoms in total. The van der Waals surface area contributed by atoms with Crippen molar-refractivity contribution in [2.45, 2.75) is 32.4 Å². The number of aromatic hydroxyl groups is 1. The Morgan fingerprint density at radius 2 is 1.92 bits per heavy atom. The summed E-state index contributed by atoms with van der Waals surface area (Å²) >= 11 is 0. The van der Waals surface area contributed by atoms with E-state index in [1.54, 1.807) is 30.5 Å². The standard InChI is InChI=1S/C28H31FN6O2/c1-2-30-28-31-14-13-23(32-28)27-26(19-7-9-21(29)10-8-19)33-25-12-11-22(35(25)27)18-34(15-16-36)17-20-5-3-4-6-24(20)37/h3-10,13-14,22,36-37H,2,11-12,15-18H2,1H3,(H,30,31,32). The lowest BCUT2D eigenvalue weighted by Gasteiger charge is -2.27. The number of aryl methyl sites for hydroxylation is 1. The number of nitrogens with zero attached hydrogens (tertiary/aromatic N) is 5. The summed E-state index contributed by atoms with van der Waals surface area (Å²) in [5.41, 5.74) is 4.01.